The summed E-state index contributed by atoms with van der Waals surface area (Å²) in [7, 11) is 0. The Labute approximate surface area is 160 Å². The molecule has 0 aliphatic carbocycles. The van der Waals surface area contributed by atoms with E-state index in [0.29, 0.717) is 11.4 Å². The molecule has 0 fully saturated rings. The Morgan fingerprint density at radius 3 is 2.63 bits per heavy atom. The highest BCUT2D eigenvalue weighted by atomic mass is 32.1. The van der Waals surface area contributed by atoms with Crippen molar-refractivity contribution in [3.05, 3.63) is 46.0 Å². The monoisotopic (exact) mass is 386 g/mol. The van der Waals surface area contributed by atoms with Gasteiger partial charge in [-0.1, -0.05) is 17.4 Å². The molecule has 0 bridgehead atoms. The predicted octanol–water partition coefficient (Wildman–Crippen LogP) is 2.52. The number of carbonyl (C=O) groups excluding carboxylic acids is 2. The Hall–Kier alpha value is -2.74. The zero-order valence-electron chi connectivity index (χ0n) is 15.9. The highest BCUT2D eigenvalue weighted by Crippen LogP contribution is 2.19. The smallest absolute Gasteiger partial charge is 0.326 e. The first-order valence-corrected chi connectivity index (χ1v) is 9.53. The van der Waals surface area contributed by atoms with Crippen LogP contribution in [0.3, 0.4) is 0 Å². The summed E-state index contributed by atoms with van der Waals surface area (Å²) >= 11 is 1.38. The van der Waals surface area contributed by atoms with Crippen molar-refractivity contribution in [1.82, 2.24) is 14.3 Å². The van der Waals surface area contributed by atoms with Gasteiger partial charge in [0, 0.05) is 5.69 Å². The van der Waals surface area contributed by atoms with Gasteiger partial charge in [-0.05, 0) is 51.5 Å². The number of esters is 1. The molecule has 3 aromatic rings. The van der Waals surface area contributed by atoms with Crippen LogP contribution in [0.25, 0.3) is 10.2 Å². The van der Waals surface area contributed by atoms with Crippen LogP contribution in [0.1, 0.15) is 23.9 Å². The molecular formula is C19H22N4O3S. The summed E-state index contributed by atoms with van der Waals surface area (Å²) in [4.78, 5) is 29.3. The van der Waals surface area contributed by atoms with Gasteiger partial charge in [-0.25, -0.2) is 0 Å². The maximum absolute atomic E-state index is 12.5. The largest absolute Gasteiger partial charge is 0.465 e. The molecule has 0 saturated carbocycles. The first-order chi connectivity index (χ1) is 12.9. The van der Waals surface area contributed by atoms with Gasteiger partial charge in [0.15, 0.2) is 4.80 Å². The molecule has 0 unspecified atom stereocenters. The number of thiazole rings is 1. The molecule has 0 atom stereocenters. The lowest BCUT2D eigenvalue weighted by Crippen LogP contribution is -2.24. The van der Waals surface area contributed by atoms with E-state index in [1.165, 1.54) is 11.3 Å². The van der Waals surface area contributed by atoms with Crippen molar-refractivity contribution in [1.29, 1.82) is 0 Å². The predicted molar refractivity (Wildman–Crippen MR) is 103 cm³/mol. The Bertz CT molecular complexity index is 1070. The third kappa shape index (κ3) is 4.33. The van der Waals surface area contributed by atoms with Crippen LogP contribution in [-0.4, -0.2) is 32.8 Å². The van der Waals surface area contributed by atoms with Gasteiger partial charge < -0.3 is 9.30 Å². The number of aryl methyl sites for hydroxylation is 3. The number of ether oxygens (including phenoxy) is 1. The Kier molecular flexibility index (Phi) is 5.55. The molecule has 7 nitrogen and oxygen atoms in total. The van der Waals surface area contributed by atoms with Crippen molar-refractivity contribution in [2.45, 2.75) is 40.8 Å². The van der Waals surface area contributed by atoms with E-state index in [0.717, 1.165) is 27.2 Å². The molecule has 1 aromatic carbocycles. The van der Waals surface area contributed by atoms with Crippen LogP contribution in [0.15, 0.2) is 29.3 Å². The molecule has 0 radical (unpaired) electrons. The molecule has 2 heterocycles. The number of amides is 1. The van der Waals surface area contributed by atoms with Crippen molar-refractivity contribution in [2.24, 2.45) is 4.99 Å². The fourth-order valence-electron chi connectivity index (χ4n) is 2.86. The Morgan fingerprint density at radius 2 is 1.96 bits per heavy atom. The lowest BCUT2D eigenvalue weighted by molar-refractivity contribution is -0.143. The van der Waals surface area contributed by atoms with Gasteiger partial charge in [0.05, 0.1) is 22.5 Å². The molecule has 0 saturated heterocycles. The van der Waals surface area contributed by atoms with Crippen LogP contribution in [-0.2, 0) is 27.4 Å². The van der Waals surface area contributed by atoms with E-state index in [1.807, 2.05) is 45.0 Å². The van der Waals surface area contributed by atoms with Gasteiger partial charge in [0.2, 0.25) is 0 Å². The quantitative estimate of drug-likeness (QED) is 0.631. The van der Waals surface area contributed by atoms with Crippen LogP contribution in [0.4, 0.5) is 0 Å². The highest BCUT2D eigenvalue weighted by molar-refractivity contribution is 7.16. The molecule has 8 heteroatoms. The summed E-state index contributed by atoms with van der Waals surface area (Å²) in [6.07, 6.45) is 0. The maximum Gasteiger partial charge on any atom is 0.326 e. The first-order valence-electron chi connectivity index (χ1n) is 8.71. The summed E-state index contributed by atoms with van der Waals surface area (Å²) in [6, 6.07) is 7.84. The van der Waals surface area contributed by atoms with E-state index in [1.54, 1.807) is 16.2 Å². The van der Waals surface area contributed by atoms with E-state index in [9.17, 15) is 9.59 Å². The number of nitrogens with zero attached hydrogens (tertiary/aromatic N) is 4. The third-order valence-corrected chi connectivity index (χ3v) is 5.08. The maximum atomic E-state index is 12.5. The number of hydrogen-bond donors (Lipinski definition) is 0. The summed E-state index contributed by atoms with van der Waals surface area (Å²) in [5.41, 5.74) is 3.72. The number of rotatable bonds is 5. The summed E-state index contributed by atoms with van der Waals surface area (Å²) in [6.45, 7) is 7.93. The summed E-state index contributed by atoms with van der Waals surface area (Å²) in [5.74, 6) is -0.674. The molecular weight excluding hydrogens is 364 g/mol. The normalized spacial score (nSPS) is 11.9. The average Bonchev–Trinajstić information content (AvgIpc) is 3.06. The van der Waals surface area contributed by atoms with Gasteiger partial charge in [-0.3, -0.25) is 14.3 Å². The highest BCUT2D eigenvalue weighted by Gasteiger charge is 2.13. The van der Waals surface area contributed by atoms with E-state index in [2.05, 4.69) is 10.1 Å². The molecule has 0 aliphatic heterocycles. The van der Waals surface area contributed by atoms with Gasteiger partial charge in [-0.15, -0.1) is 0 Å². The zero-order valence-corrected chi connectivity index (χ0v) is 16.7. The number of benzene rings is 1. The number of fused-ring (bicyclic) bond motifs is 1. The van der Waals surface area contributed by atoms with Gasteiger partial charge in [0.25, 0.3) is 5.91 Å². The van der Waals surface area contributed by atoms with Crippen LogP contribution in [0.2, 0.25) is 0 Å². The fraction of sp³-hybridized carbons (Fsp3) is 0.368. The number of carbonyl (C=O) groups is 2. The molecule has 0 spiro atoms. The third-order valence-electron chi connectivity index (χ3n) is 4.04. The zero-order chi connectivity index (χ0) is 19.6. The lowest BCUT2D eigenvalue weighted by Gasteiger charge is -2.05. The SMILES string of the molecule is CCOC(=O)Cn1c(=NC(=O)Cn2nc(C)cc2C)sc2cc(C)ccc21. The second-order valence-electron chi connectivity index (χ2n) is 6.34. The molecule has 1 amide bonds. The summed E-state index contributed by atoms with van der Waals surface area (Å²) in [5, 5.41) is 4.30. The second-order valence-corrected chi connectivity index (χ2v) is 7.35. The Balaban J connectivity index is 2.00. The van der Waals surface area contributed by atoms with Crippen LogP contribution in [0.5, 0.6) is 0 Å². The van der Waals surface area contributed by atoms with Gasteiger partial charge >= 0.3 is 5.97 Å². The molecule has 2 aromatic heterocycles. The van der Waals surface area contributed by atoms with E-state index < -0.39 is 0 Å². The van der Waals surface area contributed by atoms with Crippen LogP contribution < -0.4 is 4.80 Å². The van der Waals surface area contributed by atoms with E-state index in [4.69, 9.17) is 4.74 Å². The number of hydrogen-bond acceptors (Lipinski definition) is 5. The molecule has 0 N–H and O–H groups in total. The molecule has 3 rings (SSSR count). The van der Waals surface area contributed by atoms with Crippen LogP contribution >= 0.6 is 11.3 Å². The lowest BCUT2D eigenvalue weighted by atomic mass is 10.2. The van der Waals surface area contributed by atoms with Crippen molar-refractivity contribution >= 4 is 33.4 Å². The summed E-state index contributed by atoms with van der Waals surface area (Å²) < 4.78 is 9.40. The minimum absolute atomic E-state index is 0.0168. The minimum Gasteiger partial charge on any atom is -0.465 e. The van der Waals surface area contributed by atoms with Crippen molar-refractivity contribution in [3.8, 4) is 0 Å². The van der Waals surface area contributed by atoms with E-state index >= 15 is 0 Å². The van der Waals surface area contributed by atoms with Crippen molar-refractivity contribution < 1.29 is 14.3 Å². The second kappa shape index (κ2) is 7.87. The minimum atomic E-state index is -0.356. The van der Waals surface area contributed by atoms with Crippen LogP contribution in [0, 0.1) is 20.8 Å². The van der Waals surface area contributed by atoms with E-state index in [-0.39, 0.29) is 25.0 Å². The average molecular weight is 386 g/mol. The Morgan fingerprint density at radius 1 is 1.19 bits per heavy atom. The first kappa shape index (κ1) is 19.0. The molecule has 0 aliphatic rings. The topological polar surface area (TPSA) is 78.5 Å². The standard InChI is InChI=1S/C19H22N4O3S/c1-5-26-18(25)11-22-15-7-6-12(2)8-16(15)27-19(22)20-17(24)10-23-14(4)9-13(3)21-23/h6-9H,5,10-11H2,1-4H3. The van der Waals surface area contributed by atoms with Crippen molar-refractivity contribution in [2.75, 3.05) is 6.61 Å². The number of aromatic nitrogens is 3. The van der Waals surface area contributed by atoms with Gasteiger partial charge in [-0.2, -0.15) is 10.1 Å². The fourth-order valence-corrected chi connectivity index (χ4v) is 4.00. The van der Waals surface area contributed by atoms with Gasteiger partial charge in [0.1, 0.15) is 13.1 Å². The molecule has 27 heavy (non-hydrogen) atoms. The van der Waals surface area contributed by atoms with Crippen molar-refractivity contribution in [3.63, 3.8) is 0 Å². The molecule has 142 valence electrons.